The number of amides is 3. The van der Waals surface area contributed by atoms with Gasteiger partial charge in [-0.05, 0) is 36.2 Å². The van der Waals surface area contributed by atoms with Crippen molar-refractivity contribution in [2.75, 3.05) is 39.8 Å². The Balaban J connectivity index is 1.40. The Morgan fingerprint density at radius 3 is 2.16 bits per heavy atom. The number of nitrogens with zero attached hydrogens (tertiary/aromatic N) is 2. The SMILES string of the molecule is COc1ccc(CCC(=O)N2CCN(C(=O)CNC(=O)c3ccccc3F)CC2)cc1. The third-order valence-electron chi connectivity index (χ3n) is 5.29. The van der Waals surface area contributed by atoms with Crippen LogP contribution in [0.25, 0.3) is 0 Å². The van der Waals surface area contributed by atoms with Crippen LogP contribution < -0.4 is 10.1 Å². The van der Waals surface area contributed by atoms with Crippen molar-refractivity contribution in [3.63, 3.8) is 0 Å². The van der Waals surface area contributed by atoms with Crippen molar-refractivity contribution in [2.24, 2.45) is 0 Å². The lowest BCUT2D eigenvalue weighted by atomic mass is 10.1. The minimum absolute atomic E-state index is 0.0516. The Bertz CT molecular complexity index is 925. The van der Waals surface area contributed by atoms with Gasteiger partial charge in [0.15, 0.2) is 0 Å². The van der Waals surface area contributed by atoms with Crippen LogP contribution in [-0.2, 0) is 16.0 Å². The van der Waals surface area contributed by atoms with Crippen molar-refractivity contribution in [3.05, 3.63) is 65.5 Å². The zero-order valence-corrected chi connectivity index (χ0v) is 17.5. The Kier molecular flexibility index (Phi) is 7.59. The van der Waals surface area contributed by atoms with Crippen LogP contribution in [0.3, 0.4) is 0 Å². The minimum atomic E-state index is -0.630. The van der Waals surface area contributed by atoms with Crippen LogP contribution in [0.15, 0.2) is 48.5 Å². The summed E-state index contributed by atoms with van der Waals surface area (Å²) in [5, 5.41) is 2.46. The smallest absolute Gasteiger partial charge is 0.254 e. The van der Waals surface area contributed by atoms with Crippen LogP contribution >= 0.6 is 0 Å². The van der Waals surface area contributed by atoms with Crippen LogP contribution in [-0.4, -0.2) is 67.4 Å². The zero-order valence-electron chi connectivity index (χ0n) is 17.5. The Labute approximate surface area is 180 Å². The first-order valence-electron chi connectivity index (χ1n) is 10.2. The molecule has 1 N–H and O–H groups in total. The number of piperazine rings is 1. The molecule has 0 saturated carbocycles. The highest BCUT2D eigenvalue weighted by Gasteiger charge is 2.24. The van der Waals surface area contributed by atoms with Gasteiger partial charge in [0.2, 0.25) is 11.8 Å². The van der Waals surface area contributed by atoms with Gasteiger partial charge in [0.1, 0.15) is 11.6 Å². The van der Waals surface area contributed by atoms with Gasteiger partial charge in [-0.2, -0.15) is 0 Å². The van der Waals surface area contributed by atoms with Crippen LogP contribution in [0.1, 0.15) is 22.3 Å². The molecule has 0 atom stereocenters. The van der Waals surface area contributed by atoms with Gasteiger partial charge in [0, 0.05) is 32.6 Å². The molecule has 1 heterocycles. The number of hydrogen-bond donors (Lipinski definition) is 1. The van der Waals surface area contributed by atoms with E-state index in [0.717, 1.165) is 11.3 Å². The second-order valence-electron chi connectivity index (χ2n) is 7.27. The van der Waals surface area contributed by atoms with E-state index in [1.807, 2.05) is 24.3 Å². The van der Waals surface area contributed by atoms with E-state index in [1.165, 1.54) is 18.2 Å². The van der Waals surface area contributed by atoms with E-state index in [2.05, 4.69) is 5.32 Å². The number of hydrogen-bond acceptors (Lipinski definition) is 4. The molecule has 164 valence electrons. The van der Waals surface area contributed by atoms with Gasteiger partial charge >= 0.3 is 0 Å². The summed E-state index contributed by atoms with van der Waals surface area (Å²) in [6, 6.07) is 13.2. The summed E-state index contributed by atoms with van der Waals surface area (Å²) in [7, 11) is 1.61. The zero-order chi connectivity index (χ0) is 22.2. The molecule has 0 aliphatic carbocycles. The normalized spacial score (nSPS) is 13.6. The summed E-state index contributed by atoms with van der Waals surface area (Å²) in [6.45, 7) is 1.51. The van der Waals surface area contributed by atoms with Gasteiger partial charge in [0.05, 0.1) is 19.2 Å². The van der Waals surface area contributed by atoms with E-state index in [1.54, 1.807) is 23.0 Å². The minimum Gasteiger partial charge on any atom is -0.497 e. The second kappa shape index (κ2) is 10.6. The number of aryl methyl sites for hydroxylation is 1. The van der Waals surface area contributed by atoms with Crippen LogP contribution in [0, 0.1) is 5.82 Å². The van der Waals surface area contributed by atoms with E-state index < -0.39 is 11.7 Å². The molecule has 1 aliphatic rings. The van der Waals surface area contributed by atoms with E-state index in [-0.39, 0.29) is 23.9 Å². The lowest BCUT2D eigenvalue weighted by Crippen LogP contribution is -2.52. The van der Waals surface area contributed by atoms with Crippen molar-refractivity contribution in [3.8, 4) is 5.75 Å². The molecule has 1 fully saturated rings. The fourth-order valence-corrected chi connectivity index (χ4v) is 3.42. The highest BCUT2D eigenvalue weighted by atomic mass is 19.1. The highest BCUT2D eigenvalue weighted by Crippen LogP contribution is 2.14. The Hall–Kier alpha value is -3.42. The average Bonchev–Trinajstić information content (AvgIpc) is 2.81. The summed E-state index contributed by atoms with van der Waals surface area (Å²) in [5.41, 5.74) is 0.969. The first-order valence-corrected chi connectivity index (χ1v) is 10.2. The molecular weight excluding hydrogens is 401 g/mol. The average molecular weight is 427 g/mol. The lowest BCUT2D eigenvalue weighted by molar-refractivity contribution is -0.138. The number of methoxy groups -OCH3 is 1. The molecule has 0 spiro atoms. The molecule has 0 bridgehead atoms. The van der Waals surface area contributed by atoms with E-state index >= 15 is 0 Å². The number of carbonyl (C=O) groups excluding carboxylic acids is 3. The van der Waals surface area contributed by atoms with E-state index in [9.17, 15) is 18.8 Å². The van der Waals surface area contributed by atoms with Crippen molar-refractivity contribution in [1.82, 2.24) is 15.1 Å². The molecule has 3 amide bonds. The third kappa shape index (κ3) is 6.04. The summed E-state index contributed by atoms with van der Waals surface area (Å²) >= 11 is 0. The number of carbonyl (C=O) groups is 3. The van der Waals surface area contributed by atoms with Crippen molar-refractivity contribution in [2.45, 2.75) is 12.8 Å². The number of ether oxygens (including phenoxy) is 1. The van der Waals surface area contributed by atoms with E-state index in [4.69, 9.17) is 4.74 Å². The monoisotopic (exact) mass is 427 g/mol. The van der Waals surface area contributed by atoms with Crippen LogP contribution in [0.5, 0.6) is 5.75 Å². The first kappa shape index (κ1) is 22.3. The fourth-order valence-electron chi connectivity index (χ4n) is 3.42. The largest absolute Gasteiger partial charge is 0.497 e. The predicted molar refractivity (Wildman–Crippen MR) is 113 cm³/mol. The molecule has 31 heavy (non-hydrogen) atoms. The summed E-state index contributed by atoms with van der Waals surface area (Å²) in [6.07, 6.45) is 1.04. The Morgan fingerprint density at radius 1 is 0.935 bits per heavy atom. The molecular formula is C23H26FN3O4. The van der Waals surface area contributed by atoms with Crippen LogP contribution in [0.2, 0.25) is 0 Å². The van der Waals surface area contributed by atoms with Gasteiger partial charge < -0.3 is 19.9 Å². The lowest BCUT2D eigenvalue weighted by Gasteiger charge is -2.35. The van der Waals surface area contributed by atoms with Crippen molar-refractivity contribution in [1.29, 1.82) is 0 Å². The van der Waals surface area contributed by atoms with E-state index in [0.29, 0.717) is 39.0 Å². The maximum atomic E-state index is 13.6. The molecule has 0 unspecified atom stereocenters. The fraction of sp³-hybridized carbons (Fsp3) is 0.348. The standard InChI is InChI=1S/C23H26FN3O4/c1-31-18-9-6-17(7-10-18)8-11-21(28)26-12-14-27(15-13-26)22(29)16-25-23(30)19-4-2-3-5-20(19)24/h2-7,9-10H,8,11-16H2,1H3,(H,25,30). The molecule has 2 aromatic carbocycles. The topological polar surface area (TPSA) is 79.0 Å². The summed E-state index contributed by atoms with van der Waals surface area (Å²) in [4.78, 5) is 40.2. The van der Waals surface area contributed by atoms with Gasteiger partial charge in [0.25, 0.3) is 5.91 Å². The number of rotatable bonds is 7. The molecule has 2 aromatic rings. The summed E-state index contributed by atoms with van der Waals surface area (Å²) < 4.78 is 18.8. The number of benzene rings is 2. The van der Waals surface area contributed by atoms with Crippen LogP contribution in [0.4, 0.5) is 4.39 Å². The quantitative estimate of drug-likeness (QED) is 0.732. The molecule has 1 aliphatic heterocycles. The summed E-state index contributed by atoms with van der Waals surface area (Å²) in [5.74, 6) is -0.681. The molecule has 0 radical (unpaired) electrons. The number of halogens is 1. The predicted octanol–water partition coefficient (Wildman–Crippen LogP) is 1.87. The second-order valence-corrected chi connectivity index (χ2v) is 7.27. The first-order chi connectivity index (χ1) is 15.0. The van der Waals surface area contributed by atoms with Gasteiger partial charge in [-0.1, -0.05) is 24.3 Å². The molecule has 3 rings (SSSR count). The van der Waals surface area contributed by atoms with Gasteiger partial charge in [-0.15, -0.1) is 0 Å². The Morgan fingerprint density at radius 2 is 1.55 bits per heavy atom. The highest BCUT2D eigenvalue weighted by molar-refractivity contribution is 5.96. The maximum Gasteiger partial charge on any atom is 0.254 e. The van der Waals surface area contributed by atoms with Crippen molar-refractivity contribution < 1.29 is 23.5 Å². The van der Waals surface area contributed by atoms with Crippen molar-refractivity contribution >= 4 is 17.7 Å². The molecule has 7 nitrogen and oxygen atoms in total. The third-order valence-corrected chi connectivity index (χ3v) is 5.29. The van der Waals surface area contributed by atoms with Gasteiger partial charge in [-0.3, -0.25) is 14.4 Å². The molecule has 1 saturated heterocycles. The van der Waals surface area contributed by atoms with Gasteiger partial charge in [-0.25, -0.2) is 4.39 Å². The molecule has 8 heteroatoms. The molecule has 0 aromatic heterocycles. The number of nitrogens with one attached hydrogen (secondary N) is 1. The maximum absolute atomic E-state index is 13.6.